The highest BCUT2D eigenvalue weighted by atomic mass is 35.5. The van der Waals surface area contributed by atoms with Gasteiger partial charge in [0.25, 0.3) is 5.91 Å². The zero-order chi connectivity index (χ0) is 15.6. The predicted octanol–water partition coefficient (Wildman–Crippen LogP) is 5.07. The van der Waals surface area contributed by atoms with Gasteiger partial charge in [-0.3, -0.25) is 4.79 Å². The molecule has 2 rings (SSSR count). The molecule has 110 valence electrons. The number of phenolic OH excluding ortho intramolecular Hbond substituents is 1. The molecule has 0 bridgehead atoms. The van der Waals surface area contributed by atoms with Crippen molar-refractivity contribution < 1.29 is 9.90 Å². The summed E-state index contributed by atoms with van der Waals surface area (Å²) in [5, 5.41) is 12.4. The number of anilines is 1. The second-order valence-corrected chi connectivity index (χ2v) is 5.83. The highest BCUT2D eigenvalue weighted by Gasteiger charge is 2.11. The van der Waals surface area contributed by atoms with Crippen molar-refractivity contribution in [3.8, 4) is 5.75 Å². The lowest BCUT2D eigenvalue weighted by atomic mass is 10.0. The van der Waals surface area contributed by atoms with Crippen LogP contribution in [-0.4, -0.2) is 11.0 Å². The topological polar surface area (TPSA) is 49.3 Å². The minimum atomic E-state index is -0.261. The number of carbonyl (C=O) groups is 1. The van der Waals surface area contributed by atoms with Crippen LogP contribution in [0.2, 0.25) is 10.0 Å². The van der Waals surface area contributed by atoms with Crippen LogP contribution in [0.3, 0.4) is 0 Å². The number of hydrogen-bond donors (Lipinski definition) is 2. The Bertz CT molecular complexity index is 643. The molecule has 0 saturated carbocycles. The first-order valence-electron chi connectivity index (χ1n) is 6.48. The SMILES string of the molecule is CC(C)c1ccc(C(=O)Nc2cc(Cl)c(O)c(Cl)c2)cc1. The number of halogens is 2. The number of nitrogens with one attached hydrogen (secondary N) is 1. The van der Waals surface area contributed by atoms with Crippen LogP contribution in [0.25, 0.3) is 0 Å². The van der Waals surface area contributed by atoms with Crippen molar-refractivity contribution in [2.45, 2.75) is 19.8 Å². The molecular weight excluding hydrogens is 309 g/mol. The van der Waals surface area contributed by atoms with E-state index in [1.54, 1.807) is 12.1 Å². The fourth-order valence-electron chi connectivity index (χ4n) is 1.86. The molecule has 0 heterocycles. The van der Waals surface area contributed by atoms with Crippen LogP contribution in [0.1, 0.15) is 35.7 Å². The highest BCUT2D eigenvalue weighted by molar-refractivity contribution is 6.37. The maximum Gasteiger partial charge on any atom is 0.255 e. The molecular formula is C16H15Cl2NO2. The van der Waals surface area contributed by atoms with E-state index in [0.717, 1.165) is 0 Å². The van der Waals surface area contributed by atoms with Gasteiger partial charge in [0.2, 0.25) is 0 Å². The Balaban J connectivity index is 2.18. The lowest BCUT2D eigenvalue weighted by Gasteiger charge is -2.09. The quantitative estimate of drug-likeness (QED) is 0.774. The number of phenols is 1. The summed E-state index contributed by atoms with van der Waals surface area (Å²) in [7, 11) is 0. The summed E-state index contributed by atoms with van der Waals surface area (Å²) in [5.41, 5.74) is 2.14. The highest BCUT2D eigenvalue weighted by Crippen LogP contribution is 2.34. The number of carbonyl (C=O) groups excluding carboxylic acids is 1. The van der Waals surface area contributed by atoms with Gasteiger partial charge in [0, 0.05) is 11.3 Å². The van der Waals surface area contributed by atoms with E-state index in [1.807, 2.05) is 12.1 Å². The van der Waals surface area contributed by atoms with Crippen molar-refractivity contribution in [2.24, 2.45) is 0 Å². The van der Waals surface area contributed by atoms with E-state index in [1.165, 1.54) is 17.7 Å². The third-order valence-corrected chi connectivity index (χ3v) is 3.69. The average Bonchev–Trinajstić information content (AvgIpc) is 2.44. The van der Waals surface area contributed by atoms with Crippen LogP contribution in [0.4, 0.5) is 5.69 Å². The fourth-order valence-corrected chi connectivity index (χ4v) is 2.35. The van der Waals surface area contributed by atoms with Gasteiger partial charge in [-0.05, 0) is 35.7 Å². The second-order valence-electron chi connectivity index (χ2n) is 5.02. The Hall–Kier alpha value is -1.71. The molecule has 1 amide bonds. The van der Waals surface area contributed by atoms with Crippen molar-refractivity contribution >= 4 is 34.8 Å². The largest absolute Gasteiger partial charge is 0.505 e. The molecule has 0 aliphatic rings. The normalized spacial score (nSPS) is 10.7. The molecule has 0 spiro atoms. The Morgan fingerprint density at radius 3 is 2.10 bits per heavy atom. The van der Waals surface area contributed by atoms with Crippen LogP contribution in [0.15, 0.2) is 36.4 Å². The van der Waals surface area contributed by atoms with E-state index in [4.69, 9.17) is 23.2 Å². The third-order valence-electron chi connectivity index (χ3n) is 3.11. The summed E-state index contributed by atoms with van der Waals surface area (Å²) in [5.74, 6) is -0.0439. The van der Waals surface area contributed by atoms with E-state index in [-0.39, 0.29) is 21.7 Å². The Morgan fingerprint density at radius 2 is 1.62 bits per heavy atom. The molecule has 0 saturated heterocycles. The Kier molecular flexibility index (Phi) is 4.76. The van der Waals surface area contributed by atoms with Crippen molar-refractivity contribution in [1.29, 1.82) is 0 Å². The molecule has 0 atom stereocenters. The number of benzene rings is 2. The van der Waals surface area contributed by atoms with Gasteiger partial charge >= 0.3 is 0 Å². The van der Waals surface area contributed by atoms with Crippen LogP contribution in [0.5, 0.6) is 5.75 Å². The maximum atomic E-state index is 12.1. The van der Waals surface area contributed by atoms with Crippen molar-refractivity contribution in [2.75, 3.05) is 5.32 Å². The molecule has 0 aliphatic heterocycles. The Morgan fingerprint density at radius 1 is 1.10 bits per heavy atom. The standard InChI is InChI=1S/C16H15Cl2NO2/c1-9(2)10-3-5-11(6-4-10)16(21)19-12-7-13(17)15(20)14(18)8-12/h3-9,20H,1-2H3,(H,19,21). The molecule has 5 heteroatoms. The summed E-state index contributed by atoms with van der Waals surface area (Å²) < 4.78 is 0. The summed E-state index contributed by atoms with van der Waals surface area (Å²) in [6.45, 7) is 4.19. The molecule has 2 aromatic carbocycles. The molecule has 0 unspecified atom stereocenters. The van der Waals surface area contributed by atoms with E-state index in [9.17, 15) is 9.90 Å². The van der Waals surface area contributed by atoms with Crippen LogP contribution in [-0.2, 0) is 0 Å². The zero-order valence-corrected chi connectivity index (χ0v) is 13.2. The van der Waals surface area contributed by atoms with E-state index in [0.29, 0.717) is 17.2 Å². The fraction of sp³-hybridized carbons (Fsp3) is 0.188. The van der Waals surface area contributed by atoms with Gasteiger partial charge in [-0.15, -0.1) is 0 Å². The molecule has 2 N–H and O–H groups in total. The summed E-state index contributed by atoms with van der Waals surface area (Å²) >= 11 is 11.6. The van der Waals surface area contributed by atoms with Crippen LogP contribution in [0, 0.1) is 0 Å². The first kappa shape index (κ1) is 15.7. The lowest BCUT2D eigenvalue weighted by Crippen LogP contribution is -2.11. The van der Waals surface area contributed by atoms with E-state index in [2.05, 4.69) is 19.2 Å². The third kappa shape index (κ3) is 3.69. The minimum Gasteiger partial charge on any atom is -0.505 e. The lowest BCUT2D eigenvalue weighted by molar-refractivity contribution is 0.102. The summed E-state index contributed by atoms with van der Waals surface area (Å²) in [6.07, 6.45) is 0. The van der Waals surface area contributed by atoms with E-state index < -0.39 is 0 Å². The maximum absolute atomic E-state index is 12.1. The molecule has 0 radical (unpaired) electrons. The summed E-state index contributed by atoms with van der Waals surface area (Å²) in [6, 6.07) is 10.3. The molecule has 3 nitrogen and oxygen atoms in total. The van der Waals surface area contributed by atoms with Crippen molar-refractivity contribution in [3.63, 3.8) is 0 Å². The average molecular weight is 324 g/mol. The number of hydrogen-bond acceptors (Lipinski definition) is 2. The Labute approximate surface area is 133 Å². The first-order valence-corrected chi connectivity index (χ1v) is 7.23. The molecule has 0 aromatic heterocycles. The second kappa shape index (κ2) is 6.37. The van der Waals surface area contributed by atoms with Gasteiger partial charge in [-0.2, -0.15) is 0 Å². The molecule has 0 fully saturated rings. The predicted molar refractivity (Wildman–Crippen MR) is 86.6 cm³/mol. The number of amides is 1. The molecule has 21 heavy (non-hydrogen) atoms. The summed E-state index contributed by atoms with van der Waals surface area (Å²) in [4.78, 5) is 12.1. The monoisotopic (exact) mass is 323 g/mol. The number of aromatic hydroxyl groups is 1. The molecule has 0 aliphatic carbocycles. The van der Waals surface area contributed by atoms with Gasteiger partial charge in [0.15, 0.2) is 5.75 Å². The molecule has 2 aromatic rings. The van der Waals surface area contributed by atoms with Gasteiger partial charge < -0.3 is 10.4 Å². The van der Waals surface area contributed by atoms with Crippen LogP contribution < -0.4 is 5.32 Å². The van der Waals surface area contributed by atoms with Crippen molar-refractivity contribution in [1.82, 2.24) is 0 Å². The minimum absolute atomic E-state index is 0.0907. The van der Waals surface area contributed by atoms with Gasteiger partial charge in [0.1, 0.15) is 0 Å². The van der Waals surface area contributed by atoms with Crippen molar-refractivity contribution in [3.05, 3.63) is 57.6 Å². The van der Waals surface area contributed by atoms with E-state index >= 15 is 0 Å². The number of rotatable bonds is 3. The smallest absolute Gasteiger partial charge is 0.255 e. The van der Waals surface area contributed by atoms with Crippen LogP contribution >= 0.6 is 23.2 Å². The van der Waals surface area contributed by atoms with Gasteiger partial charge in [0.05, 0.1) is 10.0 Å². The van der Waals surface area contributed by atoms with Gasteiger partial charge in [-0.25, -0.2) is 0 Å². The zero-order valence-electron chi connectivity index (χ0n) is 11.7. The first-order chi connectivity index (χ1) is 9.88. The van der Waals surface area contributed by atoms with Gasteiger partial charge in [-0.1, -0.05) is 49.2 Å².